The summed E-state index contributed by atoms with van der Waals surface area (Å²) in [4.78, 5) is 0. The minimum atomic E-state index is 0.0294. The van der Waals surface area contributed by atoms with Crippen LogP contribution in [0.5, 0.6) is 0 Å². The van der Waals surface area contributed by atoms with Crippen LogP contribution in [0.4, 0.5) is 0 Å². The highest BCUT2D eigenvalue weighted by atomic mass is 16.5. The predicted molar refractivity (Wildman–Crippen MR) is 82.3 cm³/mol. The molecule has 0 aliphatic carbocycles. The van der Waals surface area contributed by atoms with Crippen LogP contribution in [0.3, 0.4) is 0 Å². The van der Waals surface area contributed by atoms with Crippen LogP contribution >= 0.6 is 0 Å². The maximum absolute atomic E-state index is 5.56. The van der Waals surface area contributed by atoms with E-state index in [9.17, 15) is 0 Å². The number of hydrogen-bond donors (Lipinski definition) is 0. The average Bonchev–Trinajstić information content (AvgIpc) is 2.44. The van der Waals surface area contributed by atoms with Crippen molar-refractivity contribution in [3.8, 4) is 0 Å². The van der Waals surface area contributed by atoms with Gasteiger partial charge < -0.3 is 4.74 Å². The zero-order valence-corrected chi connectivity index (χ0v) is 12.0. The zero-order chi connectivity index (χ0) is 14.1. The van der Waals surface area contributed by atoms with Gasteiger partial charge >= 0.3 is 0 Å². The fourth-order valence-corrected chi connectivity index (χ4v) is 1.83. The first-order valence-electron chi connectivity index (χ1n) is 6.44. The SMILES string of the molecule is C=CC.COC(c1ccccc1)c1ccc(C)cc1. The molecule has 0 aromatic heterocycles. The molecule has 100 valence electrons. The van der Waals surface area contributed by atoms with Gasteiger partial charge in [-0.25, -0.2) is 0 Å². The molecule has 0 radical (unpaired) electrons. The molecule has 19 heavy (non-hydrogen) atoms. The van der Waals surface area contributed by atoms with E-state index in [2.05, 4.69) is 49.9 Å². The van der Waals surface area contributed by atoms with Crippen molar-refractivity contribution in [2.24, 2.45) is 0 Å². The van der Waals surface area contributed by atoms with Gasteiger partial charge in [0.25, 0.3) is 0 Å². The smallest absolute Gasteiger partial charge is 0.107 e. The third-order valence-corrected chi connectivity index (χ3v) is 2.72. The molecule has 2 aromatic rings. The van der Waals surface area contributed by atoms with Crippen molar-refractivity contribution in [1.29, 1.82) is 0 Å². The Labute approximate surface area is 116 Å². The molecular weight excluding hydrogens is 232 g/mol. The van der Waals surface area contributed by atoms with Crippen LogP contribution < -0.4 is 0 Å². The summed E-state index contributed by atoms with van der Waals surface area (Å²) in [6.07, 6.45) is 1.78. The molecule has 0 aliphatic heterocycles. The first kappa shape index (κ1) is 15.2. The van der Waals surface area contributed by atoms with Crippen LogP contribution in [0.25, 0.3) is 0 Å². The third kappa shape index (κ3) is 4.72. The molecule has 2 rings (SSSR count). The predicted octanol–water partition coefficient (Wildman–Crippen LogP) is 4.92. The monoisotopic (exact) mass is 254 g/mol. The average molecular weight is 254 g/mol. The fourth-order valence-electron chi connectivity index (χ4n) is 1.83. The highest BCUT2D eigenvalue weighted by molar-refractivity contribution is 5.31. The lowest BCUT2D eigenvalue weighted by Gasteiger charge is -2.16. The molecule has 1 heteroatoms. The van der Waals surface area contributed by atoms with Crippen LogP contribution in [0.1, 0.15) is 29.7 Å². The lowest BCUT2D eigenvalue weighted by molar-refractivity contribution is 0.136. The number of benzene rings is 2. The molecule has 0 aliphatic rings. The van der Waals surface area contributed by atoms with Gasteiger partial charge in [-0.1, -0.05) is 66.2 Å². The molecule has 0 heterocycles. The van der Waals surface area contributed by atoms with E-state index in [4.69, 9.17) is 4.74 Å². The van der Waals surface area contributed by atoms with Crippen LogP contribution in [0.2, 0.25) is 0 Å². The Kier molecular flexibility index (Phi) is 6.62. The first-order chi connectivity index (χ1) is 9.22. The quantitative estimate of drug-likeness (QED) is 0.706. The van der Waals surface area contributed by atoms with Crippen molar-refractivity contribution < 1.29 is 4.74 Å². The standard InChI is InChI=1S/C15H16O.C3H6/c1-12-8-10-14(11-9-12)15(16-2)13-6-4-3-5-7-13;1-3-2/h3-11,15H,1-2H3;3H,1H2,2H3. The number of rotatable bonds is 3. The van der Waals surface area contributed by atoms with Crippen LogP contribution in [0, 0.1) is 6.92 Å². The molecule has 0 spiro atoms. The number of ether oxygens (including phenoxy) is 1. The molecule has 1 unspecified atom stereocenters. The first-order valence-corrected chi connectivity index (χ1v) is 6.44. The Morgan fingerprint density at radius 3 is 1.89 bits per heavy atom. The Morgan fingerprint density at radius 1 is 0.947 bits per heavy atom. The van der Waals surface area contributed by atoms with Crippen molar-refractivity contribution in [3.05, 3.63) is 83.9 Å². The van der Waals surface area contributed by atoms with Crippen molar-refractivity contribution >= 4 is 0 Å². The van der Waals surface area contributed by atoms with E-state index in [0.29, 0.717) is 0 Å². The molecule has 0 saturated heterocycles. The Morgan fingerprint density at radius 2 is 1.42 bits per heavy atom. The maximum atomic E-state index is 5.56. The summed E-state index contributed by atoms with van der Waals surface area (Å²) in [5.41, 5.74) is 3.65. The molecule has 0 N–H and O–H groups in total. The van der Waals surface area contributed by atoms with E-state index in [0.717, 1.165) is 0 Å². The second kappa shape index (κ2) is 8.28. The summed E-state index contributed by atoms with van der Waals surface area (Å²) >= 11 is 0. The van der Waals surface area contributed by atoms with Crippen molar-refractivity contribution in [1.82, 2.24) is 0 Å². The minimum absolute atomic E-state index is 0.0294. The highest BCUT2D eigenvalue weighted by Gasteiger charge is 2.11. The van der Waals surface area contributed by atoms with E-state index < -0.39 is 0 Å². The zero-order valence-electron chi connectivity index (χ0n) is 12.0. The number of hydrogen-bond acceptors (Lipinski definition) is 1. The summed E-state index contributed by atoms with van der Waals surface area (Å²) in [6, 6.07) is 18.8. The topological polar surface area (TPSA) is 9.23 Å². The van der Waals surface area contributed by atoms with Gasteiger partial charge in [-0.15, -0.1) is 6.58 Å². The molecule has 1 atom stereocenters. The number of allylic oxidation sites excluding steroid dienone is 1. The number of aryl methyl sites for hydroxylation is 1. The van der Waals surface area contributed by atoms with Crippen LogP contribution in [0.15, 0.2) is 67.3 Å². The second-order valence-electron chi connectivity index (χ2n) is 4.35. The van der Waals surface area contributed by atoms with Gasteiger partial charge in [0.15, 0.2) is 0 Å². The van der Waals surface area contributed by atoms with E-state index in [1.54, 1.807) is 13.2 Å². The fraction of sp³-hybridized carbons (Fsp3) is 0.222. The van der Waals surface area contributed by atoms with Crippen LogP contribution in [-0.4, -0.2) is 7.11 Å². The summed E-state index contributed by atoms with van der Waals surface area (Å²) in [6.45, 7) is 7.34. The second-order valence-corrected chi connectivity index (χ2v) is 4.35. The maximum Gasteiger partial charge on any atom is 0.107 e. The summed E-state index contributed by atoms with van der Waals surface area (Å²) in [5, 5.41) is 0. The molecule has 0 amide bonds. The number of methoxy groups -OCH3 is 1. The van der Waals surface area contributed by atoms with E-state index in [1.165, 1.54) is 16.7 Å². The molecule has 0 fully saturated rings. The molecular formula is C18H22O. The Bertz CT molecular complexity index is 471. The largest absolute Gasteiger partial charge is 0.372 e. The minimum Gasteiger partial charge on any atom is -0.372 e. The molecule has 0 saturated carbocycles. The molecule has 2 aromatic carbocycles. The third-order valence-electron chi connectivity index (χ3n) is 2.72. The Hall–Kier alpha value is -1.86. The summed E-state index contributed by atoms with van der Waals surface area (Å²) < 4.78 is 5.56. The van der Waals surface area contributed by atoms with Gasteiger partial charge in [0.05, 0.1) is 0 Å². The van der Waals surface area contributed by atoms with Crippen molar-refractivity contribution in [2.75, 3.05) is 7.11 Å². The van der Waals surface area contributed by atoms with Gasteiger partial charge in [-0.3, -0.25) is 0 Å². The van der Waals surface area contributed by atoms with Crippen molar-refractivity contribution in [2.45, 2.75) is 20.0 Å². The lowest BCUT2D eigenvalue weighted by atomic mass is 10.0. The van der Waals surface area contributed by atoms with Crippen molar-refractivity contribution in [3.63, 3.8) is 0 Å². The van der Waals surface area contributed by atoms with E-state index in [1.807, 2.05) is 25.1 Å². The summed E-state index contributed by atoms with van der Waals surface area (Å²) in [7, 11) is 1.75. The highest BCUT2D eigenvalue weighted by Crippen LogP contribution is 2.25. The van der Waals surface area contributed by atoms with Gasteiger partial charge in [-0.2, -0.15) is 0 Å². The Balaban J connectivity index is 0.000000550. The van der Waals surface area contributed by atoms with Gasteiger partial charge in [0.2, 0.25) is 0 Å². The molecule has 1 nitrogen and oxygen atoms in total. The molecule has 0 bridgehead atoms. The van der Waals surface area contributed by atoms with Gasteiger partial charge in [-0.05, 0) is 25.0 Å². The summed E-state index contributed by atoms with van der Waals surface area (Å²) in [5.74, 6) is 0. The van der Waals surface area contributed by atoms with Gasteiger partial charge in [0, 0.05) is 7.11 Å². The van der Waals surface area contributed by atoms with Crippen LogP contribution in [-0.2, 0) is 4.74 Å². The van der Waals surface area contributed by atoms with E-state index >= 15 is 0 Å². The normalized spacial score (nSPS) is 11.1. The van der Waals surface area contributed by atoms with E-state index in [-0.39, 0.29) is 6.10 Å². The lowest BCUT2D eigenvalue weighted by Crippen LogP contribution is -2.02. The van der Waals surface area contributed by atoms with Gasteiger partial charge in [0.1, 0.15) is 6.10 Å².